The molecular weight excluding hydrogens is 518 g/mol. The minimum atomic E-state index is -1.06. The quantitative estimate of drug-likeness (QED) is 0.207. The zero-order chi connectivity index (χ0) is 30.3. The zero-order valence-corrected chi connectivity index (χ0v) is 25.4. The van der Waals surface area contributed by atoms with E-state index in [0.717, 1.165) is 44.1 Å². The number of phenols is 1. The van der Waals surface area contributed by atoms with E-state index < -0.39 is 29.7 Å². The van der Waals surface area contributed by atoms with Gasteiger partial charge in [-0.15, -0.1) is 0 Å². The number of carbonyl (C=O) groups excluding carboxylic acids is 3. The Hall–Kier alpha value is -3.55. The van der Waals surface area contributed by atoms with Gasteiger partial charge in [-0.2, -0.15) is 0 Å². The third kappa shape index (κ3) is 11.8. The van der Waals surface area contributed by atoms with E-state index in [1.54, 1.807) is 39.0 Å². The zero-order valence-electron chi connectivity index (χ0n) is 25.4. The van der Waals surface area contributed by atoms with Gasteiger partial charge in [0.25, 0.3) is 0 Å². The van der Waals surface area contributed by atoms with Crippen molar-refractivity contribution in [1.82, 2.24) is 15.5 Å². The summed E-state index contributed by atoms with van der Waals surface area (Å²) in [5.41, 5.74) is 0.456. The van der Waals surface area contributed by atoms with Crippen molar-refractivity contribution in [3.63, 3.8) is 0 Å². The number of unbranched alkanes of at least 4 members (excludes halogenated alkanes) is 5. The molecule has 0 saturated heterocycles. The average Bonchev–Trinajstić information content (AvgIpc) is 2.92. The minimum absolute atomic E-state index is 0.0627. The minimum Gasteiger partial charge on any atom is -0.508 e. The lowest BCUT2D eigenvalue weighted by atomic mass is 9.99. The number of amides is 3. The van der Waals surface area contributed by atoms with E-state index in [4.69, 9.17) is 4.74 Å². The highest BCUT2D eigenvalue weighted by atomic mass is 16.6. The van der Waals surface area contributed by atoms with Crippen LogP contribution >= 0.6 is 0 Å². The third-order valence-electron chi connectivity index (χ3n) is 6.68. The number of nitrogens with one attached hydrogen (secondary N) is 2. The predicted molar refractivity (Wildman–Crippen MR) is 163 cm³/mol. The number of phenolic OH excluding ortho intramolecular Hbond substituents is 1. The van der Waals surface area contributed by atoms with Gasteiger partial charge in [-0.1, -0.05) is 94.5 Å². The number of rotatable bonds is 16. The Bertz CT molecular complexity index is 1080. The molecule has 3 amide bonds. The van der Waals surface area contributed by atoms with Crippen LogP contribution in [-0.4, -0.2) is 52.6 Å². The molecule has 0 spiro atoms. The second kappa shape index (κ2) is 17.3. The van der Waals surface area contributed by atoms with Crippen LogP contribution in [0.1, 0.15) is 96.7 Å². The number of hydrogen-bond acceptors (Lipinski definition) is 5. The SMILES string of the molecule is CCCCCCN(C(=O)C(Cc1ccccc1)NC(=O)OC(C)(C)C)C(C(=O)NCCCCC)c1ccccc1O. The maximum atomic E-state index is 14.4. The highest BCUT2D eigenvalue weighted by Gasteiger charge is 2.37. The first-order valence-corrected chi connectivity index (χ1v) is 15.0. The average molecular weight is 568 g/mol. The van der Waals surface area contributed by atoms with Gasteiger partial charge >= 0.3 is 6.09 Å². The normalized spacial score (nSPS) is 12.7. The molecule has 226 valence electrons. The van der Waals surface area contributed by atoms with Gasteiger partial charge in [-0.3, -0.25) is 9.59 Å². The summed E-state index contributed by atoms with van der Waals surface area (Å²) < 4.78 is 5.50. The van der Waals surface area contributed by atoms with Crippen LogP contribution in [0.3, 0.4) is 0 Å². The first kappa shape index (κ1) is 33.7. The third-order valence-corrected chi connectivity index (χ3v) is 6.68. The van der Waals surface area contributed by atoms with E-state index in [0.29, 0.717) is 25.1 Å². The van der Waals surface area contributed by atoms with Crippen molar-refractivity contribution in [2.75, 3.05) is 13.1 Å². The summed E-state index contributed by atoms with van der Waals surface area (Å²) >= 11 is 0. The number of hydrogen-bond donors (Lipinski definition) is 3. The lowest BCUT2D eigenvalue weighted by Gasteiger charge is -2.35. The lowest BCUT2D eigenvalue weighted by Crippen LogP contribution is -2.54. The van der Waals surface area contributed by atoms with E-state index in [-0.39, 0.29) is 18.1 Å². The summed E-state index contributed by atoms with van der Waals surface area (Å²) in [6, 6.07) is 14.0. The number of ether oxygens (including phenoxy) is 1. The van der Waals surface area contributed by atoms with Crippen molar-refractivity contribution in [2.24, 2.45) is 0 Å². The Kier molecular flexibility index (Phi) is 14.2. The first-order valence-electron chi connectivity index (χ1n) is 15.0. The van der Waals surface area contributed by atoms with Gasteiger partial charge in [0.2, 0.25) is 11.8 Å². The maximum Gasteiger partial charge on any atom is 0.408 e. The van der Waals surface area contributed by atoms with Crippen molar-refractivity contribution < 1.29 is 24.2 Å². The fourth-order valence-corrected chi connectivity index (χ4v) is 4.63. The molecule has 0 aliphatic carbocycles. The van der Waals surface area contributed by atoms with Crippen molar-refractivity contribution >= 4 is 17.9 Å². The van der Waals surface area contributed by atoms with Crippen LogP contribution in [0, 0.1) is 0 Å². The van der Waals surface area contributed by atoms with Gasteiger partial charge < -0.3 is 25.4 Å². The summed E-state index contributed by atoms with van der Waals surface area (Å²) in [5.74, 6) is -0.831. The molecule has 0 aliphatic heterocycles. The molecule has 41 heavy (non-hydrogen) atoms. The Morgan fingerprint density at radius 3 is 2.15 bits per heavy atom. The molecule has 0 heterocycles. The Balaban J connectivity index is 2.51. The molecule has 0 aromatic heterocycles. The van der Waals surface area contributed by atoms with Crippen molar-refractivity contribution in [3.05, 3.63) is 65.7 Å². The molecule has 2 aromatic rings. The van der Waals surface area contributed by atoms with Crippen molar-refractivity contribution in [2.45, 2.75) is 104 Å². The number of carbonyl (C=O) groups is 3. The molecule has 2 unspecified atom stereocenters. The van der Waals surface area contributed by atoms with Gasteiger partial charge in [0, 0.05) is 25.1 Å². The van der Waals surface area contributed by atoms with Gasteiger partial charge in [-0.05, 0) is 45.2 Å². The lowest BCUT2D eigenvalue weighted by molar-refractivity contribution is -0.142. The van der Waals surface area contributed by atoms with Gasteiger partial charge in [0.05, 0.1) is 0 Å². The predicted octanol–water partition coefficient (Wildman–Crippen LogP) is 6.28. The summed E-state index contributed by atoms with van der Waals surface area (Å²) in [4.78, 5) is 42.6. The molecule has 3 N–H and O–H groups in total. The molecule has 2 rings (SSSR count). The smallest absolute Gasteiger partial charge is 0.408 e. The molecule has 2 aromatic carbocycles. The maximum absolute atomic E-state index is 14.4. The summed E-state index contributed by atoms with van der Waals surface area (Å²) in [5, 5.41) is 16.6. The Labute approximate surface area is 245 Å². The van der Waals surface area contributed by atoms with Crippen molar-refractivity contribution in [3.8, 4) is 5.75 Å². The molecule has 0 saturated carbocycles. The first-order chi connectivity index (χ1) is 19.6. The van der Waals surface area contributed by atoms with Crippen LogP contribution in [0.2, 0.25) is 0 Å². The molecule has 0 radical (unpaired) electrons. The number of para-hydroxylation sites is 1. The fourth-order valence-electron chi connectivity index (χ4n) is 4.63. The van der Waals surface area contributed by atoms with E-state index >= 15 is 0 Å². The molecule has 0 bridgehead atoms. The highest BCUT2D eigenvalue weighted by molar-refractivity contribution is 5.92. The van der Waals surface area contributed by atoms with Crippen LogP contribution in [0.25, 0.3) is 0 Å². The molecular formula is C33H49N3O5. The monoisotopic (exact) mass is 567 g/mol. The summed E-state index contributed by atoms with van der Waals surface area (Å²) in [7, 11) is 0. The number of nitrogens with zero attached hydrogens (tertiary/aromatic N) is 1. The molecule has 0 aliphatic rings. The van der Waals surface area contributed by atoms with Gasteiger partial charge in [-0.25, -0.2) is 4.79 Å². The van der Waals surface area contributed by atoms with E-state index in [2.05, 4.69) is 24.5 Å². The number of alkyl carbamates (subject to hydrolysis) is 1. The van der Waals surface area contributed by atoms with Crippen molar-refractivity contribution in [1.29, 1.82) is 0 Å². The largest absolute Gasteiger partial charge is 0.508 e. The highest BCUT2D eigenvalue weighted by Crippen LogP contribution is 2.30. The summed E-state index contributed by atoms with van der Waals surface area (Å²) in [6.45, 7) is 10.2. The second-order valence-electron chi connectivity index (χ2n) is 11.4. The van der Waals surface area contributed by atoms with Gasteiger partial charge in [0.1, 0.15) is 23.4 Å². The van der Waals surface area contributed by atoms with Crippen LogP contribution in [0.15, 0.2) is 54.6 Å². The molecule has 8 nitrogen and oxygen atoms in total. The second-order valence-corrected chi connectivity index (χ2v) is 11.4. The molecule has 0 fully saturated rings. The van der Waals surface area contributed by atoms with Crippen LogP contribution in [-0.2, 0) is 20.7 Å². The Morgan fingerprint density at radius 2 is 1.51 bits per heavy atom. The summed E-state index contributed by atoms with van der Waals surface area (Å²) in [6.07, 6.45) is 5.89. The van der Waals surface area contributed by atoms with E-state index in [1.165, 1.54) is 11.0 Å². The van der Waals surface area contributed by atoms with Crippen LogP contribution in [0.4, 0.5) is 4.79 Å². The van der Waals surface area contributed by atoms with E-state index in [9.17, 15) is 19.5 Å². The number of benzene rings is 2. The standard InChI is InChI=1S/C33H49N3O5/c1-6-8-10-17-23-36(29(26-20-14-15-21-28(26)37)30(38)34-22-16-9-7-2)31(39)27(24-25-18-12-11-13-19-25)35-32(40)41-33(3,4)5/h11-15,18-21,27,29,37H,6-10,16-17,22-24H2,1-5H3,(H,34,38)(H,35,40). The topological polar surface area (TPSA) is 108 Å². The molecule has 2 atom stereocenters. The Morgan fingerprint density at radius 1 is 0.878 bits per heavy atom. The van der Waals surface area contributed by atoms with Crippen LogP contribution < -0.4 is 10.6 Å². The molecule has 8 heteroatoms. The van der Waals surface area contributed by atoms with E-state index in [1.807, 2.05) is 30.3 Å². The fraction of sp³-hybridized carbons (Fsp3) is 0.545. The number of aromatic hydroxyl groups is 1. The van der Waals surface area contributed by atoms with Gasteiger partial charge in [0.15, 0.2) is 0 Å². The van der Waals surface area contributed by atoms with Crippen LogP contribution in [0.5, 0.6) is 5.75 Å².